The molecule has 1 aliphatic rings. The van der Waals surface area contributed by atoms with Gasteiger partial charge in [-0.2, -0.15) is 0 Å². The number of nitrogens with zero attached hydrogens (tertiary/aromatic N) is 2. The summed E-state index contributed by atoms with van der Waals surface area (Å²) >= 11 is 0. The van der Waals surface area contributed by atoms with Gasteiger partial charge in [-0.3, -0.25) is 5.01 Å². The highest BCUT2D eigenvalue weighted by Crippen LogP contribution is 2.14. The van der Waals surface area contributed by atoms with E-state index in [0.29, 0.717) is 58.4 Å². The Balaban J connectivity index is 2.00. The van der Waals surface area contributed by atoms with Gasteiger partial charge in [-0.1, -0.05) is 5.92 Å². The monoisotopic (exact) mass is 298 g/mol. The SMILES string of the molecule is C#CCOCCOCCOCCN1C(C(=O)O)=CCN1C. The molecule has 0 aliphatic carbocycles. The molecule has 21 heavy (non-hydrogen) atoms. The van der Waals surface area contributed by atoms with Crippen molar-refractivity contribution >= 4 is 5.97 Å². The van der Waals surface area contributed by atoms with Crippen LogP contribution in [0.5, 0.6) is 0 Å². The van der Waals surface area contributed by atoms with Crippen LogP contribution in [0, 0.1) is 12.3 Å². The Labute approximate surface area is 125 Å². The molecule has 7 heteroatoms. The molecule has 0 amide bonds. The van der Waals surface area contributed by atoms with Gasteiger partial charge in [0.1, 0.15) is 12.3 Å². The first-order chi connectivity index (χ1) is 10.2. The first kappa shape index (κ1) is 17.5. The van der Waals surface area contributed by atoms with Gasteiger partial charge in [-0.15, -0.1) is 6.42 Å². The zero-order valence-electron chi connectivity index (χ0n) is 12.3. The fraction of sp³-hybridized carbons (Fsp3) is 0.643. The minimum atomic E-state index is -0.922. The number of terminal acetylenes is 1. The lowest BCUT2D eigenvalue weighted by molar-refractivity contribution is -0.136. The number of hydrazine groups is 1. The Morgan fingerprint density at radius 3 is 2.52 bits per heavy atom. The van der Waals surface area contributed by atoms with E-state index in [1.54, 1.807) is 11.1 Å². The van der Waals surface area contributed by atoms with Gasteiger partial charge in [0.05, 0.1) is 39.6 Å². The molecule has 0 saturated carbocycles. The fourth-order valence-corrected chi connectivity index (χ4v) is 1.82. The average molecular weight is 298 g/mol. The normalized spacial score (nSPS) is 15.0. The Morgan fingerprint density at radius 2 is 1.90 bits per heavy atom. The summed E-state index contributed by atoms with van der Waals surface area (Å²) in [5.41, 5.74) is 0.294. The first-order valence-electron chi connectivity index (χ1n) is 6.75. The summed E-state index contributed by atoms with van der Waals surface area (Å²) in [6, 6.07) is 0. The Kier molecular flexibility index (Phi) is 8.47. The molecule has 0 bridgehead atoms. The molecule has 0 spiro atoms. The van der Waals surface area contributed by atoms with Crippen molar-refractivity contribution in [1.29, 1.82) is 0 Å². The third-order valence-electron chi connectivity index (χ3n) is 2.84. The van der Waals surface area contributed by atoms with Crippen LogP contribution in [0.1, 0.15) is 0 Å². The maximum Gasteiger partial charge on any atom is 0.353 e. The zero-order chi connectivity index (χ0) is 15.5. The van der Waals surface area contributed by atoms with Gasteiger partial charge >= 0.3 is 5.97 Å². The van der Waals surface area contributed by atoms with E-state index in [-0.39, 0.29) is 0 Å². The third kappa shape index (κ3) is 6.60. The van der Waals surface area contributed by atoms with Crippen molar-refractivity contribution in [2.75, 3.05) is 59.8 Å². The van der Waals surface area contributed by atoms with E-state index in [0.717, 1.165) is 0 Å². The number of hydrogen-bond acceptors (Lipinski definition) is 6. The van der Waals surface area contributed by atoms with Crippen molar-refractivity contribution in [3.63, 3.8) is 0 Å². The first-order valence-corrected chi connectivity index (χ1v) is 6.75. The van der Waals surface area contributed by atoms with Crippen LogP contribution in [0.25, 0.3) is 0 Å². The smallest absolute Gasteiger partial charge is 0.353 e. The molecule has 0 aromatic carbocycles. The van der Waals surface area contributed by atoms with Gasteiger partial charge in [0.15, 0.2) is 0 Å². The number of carbonyl (C=O) groups is 1. The zero-order valence-corrected chi connectivity index (χ0v) is 12.3. The van der Waals surface area contributed by atoms with E-state index in [9.17, 15) is 4.79 Å². The summed E-state index contributed by atoms with van der Waals surface area (Å²) in [5, 5.41) is 12.6. The van der Waals surface area contributed by atoms with E-state index in [2.05, 4.69) is 5.92 Å². The molecule has 0 atom stereocenters. The molecule has 0 radical (unpaired) electrons. The second kappa shape index (κ2) is 10.2. The van der Waals surface area contributed by atoms with Crippen LogP contribution < -0.4 is 0 Å². The summed E-state index contributed by atoms with van der Waals surface area (Å²) in [6.45, 7) is 3.70. The number of aliphatic carboxylic acids is 1. The topological polar surface area (TPSA) is 71.5 Å². The Hall–Kier alpha value is -1.59. The fourth-order valence-electron chi connectivity index (χ4n) is 1.82. The minimum absolute atomic E-state index is 0.294. The molecule has 0 aromatic heterocycles. The molecule has 0 unspecified atom stereocenters. The number of carboxylic acids is 1. The lowest BCUT2D eigenvalue weighted by Gasteiger charge is -2.27. The summed E-state index contributed by atoms with van der Waals surface area (Å²) in [7, 11) is 1.84. The molecule has 0 fully saturated rings. The van der Waals surface area contributed by atoms with E-state index in [1.807, 2.05) is 12.1 Å². The number of ether oxygens (including phenoxy) is 3. The molecule has 0 saturated heterocycles. The van der Waals surface area contributed by atoms with Crippen molar-refractivity contribution < 1.29 is 24.1 Å². The standard InChI is InChI=1S/C14H22N2O5/c1-3-7-19-9-11-21-12-10-20-8-6-16-13(14(17)18)4-5-15(16)2/h1,4H,5-12H2,2H3,(H,17,18). The largest absolute Gasteiger partial charge is 0.477 e. The molecular formula is C14H22N2O5. The number of rotatable bonds is 11. The van der Waals surface area contributed by atoms with Gasteiger partial charge < -0.3 is 19.3 Å². The Bertz CT molecular complexity index is 391. The maximum atomic E-state index is 11.0. The average Bonchev–Trinajstić information content (AvgIpc) is 2.82. The highest BCUT2D eigenvalue weighted by Gasteiger charge is 2.24. The third-order valence-corrected chi connectivity index (χ3v) is 2.84. The number of carboxylic acid groups (broad SMARTS) is 1. The van der Waals surface area contributed by atoms with E-state index in [4.69, 9.17) is 25.7 Å². The lowest BCUT2D eigenvalue weighted by Crippen LogP contribution is -2.38. The van der Waals surface area contributed by atoms with E-state index < -0.39 is 5.97 Å². The summed E-state index contributed by atoms with van der Waals surface area (Å²) in [6.07, 6.45) is 6.71. The molecular weight excluding hydrogens is 276 g/mol. The predicted octanol–water partition coefficient (Wildman–Crippen LogP) is -0.200. The van der Waals surface area contributed by atoms with Crippen LogP contribution >= 0.6 is 0 Å². The molecule has 118 valence electrons. The quantitative estimate of drug-likeness (QED) is 0.418. The highest BCUT2D eigenvalue weighted by molar-refractivity contribution is 5.86. The van der Waals surface area contributed by atoms with Crippen molar-refractivity contribution in [3.05, 3.63) is 11.8 Å². The van der Waals surface area contributed by atoms with Crippen LogP contribution in [0.2, 0.25) is 0 Å². The van der Waals surface area contributed by atoms with Crippen molar-refractivity contribution in [3.8, 4) is 12.3 Å². The van der Waals surface area contributed by atoms with Gasteiger partial charge in [-0.25, -0.2) is 9.80 Å². The molecule has 1 N–H and O–H groups in total. The second-order valence-electron chi connectivity index (χ2n) is 4.34. The van der Waals surface area contributed by atoms with E-state index in [1.165, 1.54) is 0 Å². The molecule has 1 rings (SSSR count). The summed E-state index contributed by atoms with van der Waals surface area (Å²) in [5.74, 6) is 1.45. The molecule has 0 aromatic rings. The Morgan fingerprint density at radius 1 is 1.29 bits per heavy atom. The van der Waals surface area contributed by atoms with Crippen LogP contribution in [0.4, 0.5) is 0 Å². The van der Waals surface area contributed by atoms with Gasteiger partial charge in [-0.05, 0) is 6.08 Å². The summed E-state index contributed by atoms with van der Waals surface area (Å²) < 4.78 is 15.7. The lowest BCUT2D eigenvalue weighted by atomic mass is 10.4. The second-order valence-corrected chi connectivity index (χ2v) is 4.34. The number of likely N-dealkylation sites (N-methyl/N-ethyl adjacent to an activating group) is 1. The van der Waals surface area contributed by atoms with Crippen LogP contribution in [-0.4, -0.2) is 80.9 Å². The van der Waals surface area contributed by atoms with E-state index >= 15 is 0 Å². The van der Waals surface area contributed by atoms with Crippen LogP contribution in [0.15, 0.2) is 11.8 Å². The van der Waals surface area contributed by atoms with Crippen molar-refractivity contribution in [2.45, 2.75) is 0 Å². The number of hydrogen-bond donors (Lipinski definition) is 1. The van der Waals surface area contributed by atoms with Crippen molar-refractivity contribution in [2.24, 2.45) is 0 Å². The molecule has 1 heterocycles. The highest BCUT2D eigenvalue weighted by atomic mass is 16.5. The van der Waals surface area contributed by atoms with Gasteiger partial charge in [0, 0.05) is 13.6 Å². The minimum Gasteiger partial charge on any atom is -0.477 e. The predicted molar refractivity (Wildman–Crippen MR) is 76.3 cm³/mol. The molecule has 7 nitrogen and oxygen atoms in total. The van der Waals surface area contributed by atoms with Crippen LogP contribution in [-0.2, 0) is 19.0 Å². The van der Waals surface area contributed by atoms with Crippen LogP contribution in [0.3, 0.4) is 0 Å². The molecule has 1 aliphatic heterocycles. The van der Waals surface area contributed by atoms with Gasteiger partial charge in [0.25, 0.3) is 0 Å². The summed E-state index contributed by atoms with van der Waals surface area (Å²) in [4.78, 5) is 11.0. The van der Waals surface area contributed by atoms with Crippen molar-refractivity contribution in [1.82, 2.24) is 10.0 Å². The van der Waals surface area contributed by atoms with Gasteiger partial charge in [0.2, 0.25) is 0 Å². The maximum absolute atomic E-state index is 11.0.